The van der Waals surface area contributed by atoms with Crippen molar-refractivity contribution in [3.8, 4) is 0 Å². The Morgan fingerprint density at radius 3 is 1.18 bits per heavy atom. The maximum absolute atomic E-state index is 13.1. The molecule has 0 spiro atoms. The molecule has 0 saturated carbocycles. The summed E-state index contributed by atoms with van der Waals surface area (Å²) in [6.45, 7) is 3.87. The van der Waals surface area contributed by atoms with E-state index in [-0.39, 0.29) is 12.5 Å². The molecule has 74 heavy (non-hydrogen) atoms. The van der Waals surface area contributed by atoms with E-state index in [9.17, 15) is 30.3 Å². The molecule has 7 atom stereocenters. The minimum Gasteiger partial charge on any atom is -0.394 e. The predicted molar refractivity (Wildman–Crippen MR) is 313 cm³/mol. The number of carbonyl (C=O) groups is 1. The molecule has 436 valence electrons. The maximum Gasteiger partial charge on any atom is 0.220 e. The van der Waals surface area contributed by atoms with Crippen LogP contribution in [0, 0.1) is 0 Å². The summed E-state index contributed by atoms with van der Waals surface area (Å²) in [5, 5.41) is 54.8. The van der Waals surface area contributed by atoms with Gasteiger partial charge < -0.3 is 40.3 Å². The van der Waals surface area contributed by atoms with E-state index in [1.165, 1.54) is 238 Å². The second-order valence-corrected chi connectivity index (χ2v) is 22.6. The molecule has 1 aliphatic heterocycles. The quantitative estimate of drug-likeness (QED) is 0.0261. The molecule has 0 bridgehead atoms. The molecule has 1 heterocycles. The van der Waals surface area contributed by atoms with Crippen LogP contribution in [-0.4, -0.2) is 87.5 Å². The topological polar surface area (TPSA) is 149 Å². The lowest BCUT2D eigenvalue weighted by atomic mass is 9.99. The SMILES string of the molecule is CCCCCCC/C=C\C/C=C\C/C=C\CCCCCCCCCCCCCCC(=O)NC(COC1OC(CO)C(O)C(O)C1O)C(O)CCCCCCCCCCCCCCCCCCCCCCCCCC. The van der Waals surface area contributed by atoms with Crippen molar-refractivity contribution in [2.24, 2.45) is 0 Å². The van der Waals surface area contributed by atoms with Gasteiger partial charge in [0.2, 0.25) is 5.91 Å². The average molecular weight is 1050 g/mol. The second-order valence-electron chi connectivity index (χ2n) is 22.6. The molecule has 0 aromatic heterocycles. The van der Waals surface area contributed by atoms with Crippen molar-refractivity contribution in [2.45, 2.75) is 358 Å². The number of aliphatic hydroxyl groups is 5. The van der Waals surface area contributed by atoms with Crippen LogP contribution in [0.3, 0.4) is 0 Å². The molecule has 1 rings (SSSR count). The lowest BCUT2D eigenvalue weighted by molar-refractivity contribution is -0.302. The minimum absolute atomic E-state index is 0.137. The number of amides is 1. The standard InChI is InChI=1S/C65H123NO8/c1-3-5-7-9-11-13-15-17-19-21-23-25-27-29-30-31-33-35-37-39-41-43-45-47-49-51-53-55-61(69)66-58(57-73-65-64(72)63(71)62(70)60(56-67)74-65)59(68)54-52-50-48-46-44-42-40-38-36-34-32-28-26-24-22-20-18-16-14-12-10-8-6-4-2/h15,17,21,23,27,29,58-60,62-65,67-68,70-72H,3-14,16,18-20,22,24-26,28,30-57H2,1-2H3,(H,66,69)/b17-15-,23-21-,29-27-. The third kappa shape index (κ3) is 43.4. The fourth-order valence-corrected chi connectivity index (χ4v) is 10.4. The fraction of sp³-hybridized carbons (Fsp3) is 0.892. The number of aliphatic hydroxyl groups excluding tert-OH is 5. The van der Waals surface area contributed by atoms with Gasteiger partial charge in [-0.05, 0) is 51.4 Å². The van der Waals surface area contributed by atoms with Crippen molar-refractivity contribution in [3.05, 3.63) is 36.5 Å². The third-order valence-electron chi connectivity index (χ3n) is 15.5. The molecule has 9 nitrogen and oxygen atoms in total. The van der Waals surface area contributed by atoms with Crippen LogP contribution in [0.5, 0.6) is 0 Å². The number of hydrogen-bond acceptors (Lipinski definition) is 8. The zero-order valence-electron chi connectivity index (χ0n) is 48.6. The van der Waals surface area contributed by atoms with Crippen molar-refractivity contribution in [3.63, 3.8) is 0 Å². The number of unbranched alkanes of at least 4 members (excludes halogenated alkanes) is 40. The summed E-state index contributed by atoms with van der Waals surface area (Å²) in [5.41, 5.74) is 0. The molecular weight excluding hydrogens is 923 g/mol. The Morgan fingerprint density at radius 2 is 0.797 bits per heavy atom. The summed E-state index contributed by atoms with van der Waals surface area (Å²) in [6, 6.07) is -0.721. The molecule has 9 heteroatoms. The Morgan fingerprint density at radius 1 is 0.459 bits per heavy atom. The van der Waals surface area contributed by atoms with E-state index in [0.29, 0.717) is 12.8 Å². The number of hydrogen-bond donors (Lipinski definition) is 6. The first-order chi connectivity index (χ1) is 36.3. The molecular formula is C65H123NO8. The summed E-state index contributed by atoms with van der Waals surface area (Å²) in [6.07, 6.45) is 64.7. The maximum atomic E-state index is 13.1. The Labute approximate surface area is 457 Å². The third-order valence-corrected chi connectivity index (χ3v) is 15.5. The van der Waals surface area contributed by atoms with Crippen LogP contribution in [0.15, 0.2) is 36.5 Å². The molecule has 0 radical (unpaired) electrons. The highest BCUT2D eigenvalue weighted by Crippen LogP contribution is 2.23. The van der Waals surface area contributed by atoms with Gasteiger partial charge in [-0.1, -0.05) is 294 Å². The van der Waals surface area contributed by atoms with E-state index in [2.05, 4.69) is 55.6 Å². The number of nitrogens with one attached hydrogen (secondary N) is 1. The summed E-state index contributed by atoms with van der Waals surface area (Å²) in [4.78, 5) is 13.1. The van der Waals surface area contributed by atoms with Gasteiger partial charge in [-0.3, -0.25) is 4.79 Å². The lowest BCUT2D eigenvalue weighted by Crippen LogP contribution is -2.60. The van der Waals surface area contributed by atoms with E-state index in [1.807, 2.05) is 0 Å². The van der Waals surface area contributed by atoms with Gasteiger partial charge in [0.05, 0.1) is 25.4 Å². The highest BCUT2D eigenvalue weighted by Gasteiger charge is 2.44. The molecule has 1 saturated heterocycles. The molecule has 1 amide bonds. The van der Waals surface area contributed by atoms with E-state index in [4.69, 9.17) is 9.47 Å². The largest absolute Gasteiger partial charge is 0.394 e. The monoisotopic (exact) mass is 1050 g/mol. The Hall–Kier alpha value is -1.59. The van der Waals surface area contributed by atoms with E-state index >= 15 is 0 Å². The van der Waals surface area contributed by atoms with Crippen LogP contribution < -0.4 is 5.32 Å². The first kappa shape index (κ1) is 70.4. The average Bonchev–Trinajstić information content (AvgIpc) is 3.40. The van der Waals surface area contributed by atoms with Gasteiger partial charge in [0.25, 0.3) is 0 Å². The molecule has 7 unspecified atom stereocenters. The van der Waals surface area contributed by atoms with Crippen molar-refractivity contribution in [2.75, 3.05) is 13.2 Å². The summed E-state index contributed by atoms with van der Waals surface area (Å²) >= 11 is 0. The highest BCUT2D eigenvalue weighted by atomic mass is 16.7. The van der Waals surface area contributed by atoms with E-state index in [1.54, 1.807) is 0 Å². The Bertz CT molecular complexity index is 1260. The van der Waals surface area contributed by atoms with Crippen LogP contribution in [-0.2, 0) is 14.3 Å². The molecule has 1 aliphatic rings. The normalized spacial score (nSPS) is 19.1. The highest BCUT2D eigenvalue weighted by molar-refractivity contribution is 5.76. The van der Waals surface area contributed by atoms with Crippen molar-refractivity contribution < 1.29 is 39.8 Å². The van der Waals surface area contributed by atoms with E-state index in [0.717, 1.165) is 51.4 Å². The fourth-order valence-electron chi connectivity index (χ4n) is 10.4. The zero-order valence-corrected chi connectivity index (χ0v) is 48.6. The van der Waals surface area contributed by atoms with Gasteiger partial charge in [0.15, 0.2) is 6.29 Å². The van der Waals surface area contributed by atoms with Crippen molar-refractivity contribution in [1.29, 1.82) is 0 Å². The van der Waals surface area contributed by atoms with Crippen LogP contribution in [0.25, 0.3) is 0 Å². The van der Waals surface area contributed by atoms with Gasteiger partial charge >= 0.3 is 0 Å². The Balaban J connectivity index is 2.16. The first-order valence-corrected chi connectivity index (χ1v) is 32.2. The number of allylic oxidation sites excluding steroid dienone is 6. The van der Waals surface area contributed by atoms with E-state index < -0.39 is 49.5 Å². The van der Waals surface area contributed by atoms with Crippen LogP contribution in [0.4, 0.5) is 0 Å². The smallest absolute Gasteiger partial charge is 0.220 e. The van der Waals surface area contributed by atoms with Gasteiger partial charge in [-0.2, -0.15) is 0 Å². The van der Waals surface area contributed by atoms with Gasteiger partial charge in [0, 0.05) is 6.42 Å². The molecule has 0 aromatic carbocycles. The molecule has 0 aliphatic carbocycles. The van der Waals surface area contributed by atoms with Crippen LogP contribution >= 0.6 is 0 Å². The number of rotatable bonds is 56. The molecule has 0 aromatic rings. The predicted octanol–water partition coefficient (Wildman–Crippen LogP) is 16.7. The van der Waals surface area contributed by atoms with Crippen LogP contribution in [0.2, 0.25) is 0 Å². The first-order valence-electron chi connectivity index (χ1n) is 32.2. The lowest BCUT2D eigenvalue weighted by Gasteiger charge is -2.40. The van der Waals surface area contributed by atoms with Crippen LogP contribution in [0.1, 0.15) is 316 Å². The molecule has 1 fully saturated rings. The van der Waals surface area contributed by atoms with Gasteiger partial charge in [-0.15, -0.1) is 0 Å². The van der Waals surface area contributed by atoms with Crippen molar-refractivity contribution >= 4 is 5.91 Å². The second kappa shape index (κ2) is 54.8. The summed E-state index contributed by atoms with van der Waals surface area (Å²) < 4.78 is 11.4. The van der Waals surface area contributed by atoms with Gasteiger partial charge in [0.1, 0.15) is 24.4 Å². The number of ether oxygens (including phenoxy) is 2. The zero-order chi connectivity index (χ0) is 53.6. The number of carbonyl (C=O) groups excluding carboxylic acids is 1. The van der Waals surface area contributed by atoms with Gasteiger partial charge in [-0.25, -0.2) is 0 Å². The summed E-state index contributed by atoms with van der Waals surface area (Å²) in [5.74, 6) is -0.142. The minimum atomic E-state index is -1.55. The van der Waals surface area contributed by atoms with Crippen molar-refractivity contribution in [1.82, 2.24) is 5.32 Å². The summed E-state index contributed by atoms with van der Waals surface area (Å²) in [7, 11) is 0. The molecule has 6 N–H and O–H groups in total. The Kier molecular flexibility index (Phi) is 52.1.